The van der Waals surface area contributed by atoms with Crippen LogP contribution in [0.2, 0.25) is 0 Å². The Morgan fingerprint density at radius 3 is 2.27 bits per heavy atom. The van der Waals surface area contributed by atoms with E-state index < -0.39 is 24.5 Å². The van der Waals surface area contributed by atoms with Crippen LogP contribution in [0.4, 0.5) is 13.2 Å². The second kappa shape index (κ2) is 5.95. The lowest BCUT2D eigenvalue weighted by Crippen LogP contribution is -2.26. The topological polar surface area (TPSA) is 40.5 Å². The van der Waals surface area contributed by atoms with Crippen LogP contribution in [-0.4, -0.2) is 42.8 Å². The Balaban J connectivity index is 4.09. The van der Waals surface area contributed by atoms with Crippen molar-refractivity contribution in [3.8, 4) is 0 Å². The average Bonchev–Trinajstić information content (AvgIpc) is 1.99. The molecule has 0 aromatic carbocycles. The highest BCUT2D eigenvalue weighted by Crippen LogP contribution is 2.32. The normalized spacial score (nSPS) is 14.3. The van der Waals surface area contributed by atoms with Crippen LogP contribution < -0.4 is 0 Å². The number of carboxylic acid groups (broad SMARTS) is 1. The van der Waals surface area contributed by atoms with E-state index in [9.17, 15) is 18.0 Å². The second-order valence-electron chi connectivity index (χ2n) is 3.78. The molecule has 1 N–H and O–H groups in total. The predicted molar refractivity (Wildman–Crippen MR) is 49.6 cm³/mol. The van der Waals surface area contributed by atoms with E-state index in [1.165, 1.54) is 0 Å². The minimum absolute atomic E-state index is 0.131. The van der Waals surface area contributed by atoms with Gasteiger partial charge in [0, 0.05) is 0 Å². The maximum absolute atomic E-state index is 12.3. The molecule has 6 heteroatoms. The highest BCUT2D eigenvalue weighted by molar-refractivity contribution is 5.67. The van der Waals surface area contributed by atoms with E-state index in [1.807, 2.05) is 0 Å². The third-order valence-corrected chi connectivity index (χ3v) is 2.04. The summed E-state index contributed by atoms with van der Waals surface area (Å²) in [5.74, 6) is -3.13. The van der Waals surface area contributed by atoms with Crippen LogP contribution in [0.25, 0.3) is 0 Å². The molecule has 3 nitrogen and oxygen atoms in total. The van der Waals surface area contributed by atoms with Gasteiger partial charge in [-0.3, -0.25) is 4.79 Å². The van der Waals surface area contributed by atoms with Gasteiger partial charge in [0.1, 0.15) is 0 Å². The summed E-state index contributed by atoms with van der Waals surface area (Å²) in [6, 6.07) is 0. The van der Waals surface area contributed by atoms with Gasteiger partial charge >= 0.3 is 12.1 Å². The molecule has 1 atom stereocenters. The fraction of sp³-hybridized carbons (Fsp3) is 0.889. The fourth-order valence-electron chi connectivity index (χ4n) is 1.25. The molecule has 0 bridgehead atoms. The van der Waals surface area contributed by atoms with Gasteiger partial charge in [-0.1, -0.05) is 0 Å². The highest BCUT2D eigenvalue weighted by Gasteiger charge is 2.40. The van der Waals surface area contributed by atoms with Gasteiger partial charge < -0.3 is 10.0 Å². The molecule has 1 unspecified atom stereocenters. The van der Waals surface area contributed by atoms with Crippen molar-refractivity contribution in [3.05, 3.63) is 0 Å². The maximum Gasteiger partial charge on any atom is 0.392 e. The molecule has 0 saturated heterocycles. The van der Waals surface area contributed by atoms with Crippen molar-refractivity contribution in [2.45, 2.75) is 25.4 Å². The van der Waals surface area contributed by atoms with Gasteiger partial charge in [-0.05, 0) is 33.5 Å². The Bertz CT molecular complexity index is 204. The molecule has 0 radical (unpaired) electrons. The van der Waals surface area contributed by atoms with Crippen molar-refractivity contribution >= 4 is 5.97 Å². The molecule has 0 rings (SSSR count). The zero-order chi connectivity index (χ0) is 12.1. The molecule has 0 aliphatic carbocycles. The van der Waals surface area contributed by atoms with Crippen LogP contribution in [0, 0.1) is 5.92 Å². The number of carboxylic acids is 1. The largest absolute Gasteiger partial charge is 0.481 e. The number of halogens is 3. The van der Waals surface area contributed by atoms with Gasteiger partial charge in [0.15, 0.2) is 0 Å². The van der Waals surface area contributed by atoms with Crippen LogP contribution in [0.5, 0.6) is 0 Å². The van der Waals surface area contributed by atoms with Crippen LogP contribution in [0.15, 0.2) is 0 Å². The van der Waals surface area contributed by atoms with E-state index >= 15 is 0 Å². The average molecular weight is 227 g/mol. The van der Waals surface area contributed by atoms with Gasteiger partial charge in [-0.15, -0.1) is 0 Å². The Hall–Kier alpha value is -0.780. The Kier molecular flexibility index (Phi) is 5.64. The molecule has 0 aromatic rings. The summed E-state index contributed by atoms with van der Waals surface area (Å²) in [7, 11) is 3.53. The SMILES string of the molecule is CN(C)CCCC(CC(=O)O)C(F)(F)F. The van der Waals surface area contributed by atoms with E-state index in [2.05, 4.69) is 0 Å². The standard InChI is InChI=1S/C9H16F3NO2/c1-13(2)5-3-4-7(6-8(14)15)9(10,11)12/h7H,3-6H2,1-2H3,(H,14,15). The molecule has 0 aliphatic rings. The van der Waals surface area contributed by atoms with Gasteiger partial charge in [0.25, 0.3) is 0 Å². The lowest BCUT2D eigenvalue weighted by Gasteiger charge is -2.19. The van der Waals surface area contributed by atoms with E-state index in [-0.39, 0.29) is 6.42 Å². The molecule has 0 aliphatic heterocycles. The Morgan fingerprint density at radius 2 is 1.93 bits per heavy atom. The van der Waals surface area contributed by atoms with E-state index in [0.717, 1.165) is 0 Å². The van der Waals surface area contributed by atoms with Crippen molar-refractivity contribution in [2.75, 3.05) is 20.6 Å². The summed E-state index contributed by atoms with van der Waals surface area (Å²) in [5.41, 5.74) is 0. The van der Waals surface area contributed by atoms with Crippen LogP contribution in [-0.2, 0) is 4.79 Å². The van der Waals surface area contributed by atoms with Gasteiger partial charge in [-0.25, -0.2) is 0 Å². The zero-order valence-corrected chi connectivity index (χ0v) is 8.84. The van der Waals surface area contributed by atoms with Gasteiger partial charge in [0.05, 0.1) is 12.3 Å². The first-order chi connectivity index (χ1) is 6.73. The Morgan fingerprint density at radius 1 is 1.40 bits per heavy atom. The molecule has 90 valence electrons. The number of hydrogen-bond acceptors (Lipinski definition) is 2. The van der Waals surface area contributed by atoms with Crippen molar-refractivity contribution in [1.29, 1.82) is 0 Å². The smallest absolute Gasteiger partial charge is 0.392 e. The molecule has 0 aromatic heterocycles. The number of aliphatic carboxylic acids is 1. The Labute approximate surface area is 86.9 Å². The van der Waals surface area contributed by atoms with Crippen molar-refractivity contribution in [2.24, 2.45) is 5.92 Å². The second-order valence-corrected chi connectivity index (χ2v) is 3.78. The summed E-state index contributed by atoms with van der Waals surface area (Å²) < 4.78 is 37.0. The number of nitrogens with zero attached hydrogens (tertiary/aromatic N) is 1. The first-order valence-electron chi connectivity index (χ1n) is 4.66. The van der Waals surface area contributed by atoms with E-state index in [1.54, 1.807) is 19.0 Å². The molecule has 0 heterocycles. The van der Waals surface area contributed by atoms with Crippen LogP contribution in [0.1, 0.15) is 19.3 Å². The van der Waals surface area contributed by atoms with Crippen LogP contribution in [0.3, 0.4) is 0 Å². The lowest BCUT2D eigenvalue weighted by atomic mass is 9.99. The molecule has 0 fully saturated rings. The summed E-state index contributed by atoms with van der Waals surface area (Å²) in [6.45, 7) is 0.534. The fourth-order valence-corrected chi connectivity index (χ4v) is 1.25. The number of alkyl halides is 3. The molecule has 15 heavy (non-hydrogen) atoms. The minimum atomic E-state index is -4.41. The monoisotopic (exact) mass is 227 g/mol. The first kappa shape index (κ1) is 14.2. The van der Waals surface area contributed by atoms with Crippen molar-refractivity contribution in [1.82, 2.24) is 4.90 Å². The van der Waals surface area contributed by atoms with E-state index in [4.69, 9.17) is 5.11 Å². The third kappa shape index (κ3) is 7.18. The summed E-state index contributed by atoms with van der Waals surface area (Å²) in [4.78, 5) is 12.0. The molecule has 0 saturated carbocycles. The quantitative estimate of drug-likeness (QED) is 0.754. The molecular formula is C9H16F3NO2. The third-order valence-electron chi connectivity index (χ3n) is 2.04. The summed E-state index contributed by atoms with van der Waals surface area (Å²) >= 11 is 0. The number of hydrogen-bond donors (Lipinski definition) is 1. The maximum atomic E-state index is 12.3. The van der Waals surface area contributed by atoms with Crippen LogP contribution >= 0.6 is 0 Å². The van der Waals surface area contributed by atoms with Crippen molar-refractivity contribution < 1.29 is 23.1 Å². The van der Waals surface area contributed by atoms with Gasteiger partial charge in [-0.2, -0.15) is 13.2 Å². The predicted octanol–water partition coefficient (Wildman–Crippen LogP) is 1.98. The summed E-state index contributed by atoms with van der Waals surface area (Å²) in [6.07, 6.45) is -5.03. The molecule has 0 amide bonds. The van der Waals surface area contributed by atoms with E-state index in [0.29, 0.717) is 13.0 Å². The minimum Gasteiger partial charge on any atom is -0.481 e. The molecule has 0 spiro atoms. The highest BCUT2D eigenvalue weighted by atomic mass is 19.4. The first-order valence-corrected chi connectivity index (χ1v) is 4.66. The summed E-state index contributed by atoms with van der Waals surface area (Å²) in [5, 5.41) is 8.35. The van der Waals surface area contributed by atoms with Crippen molar-refractivity contribution in [3.63, 3.8) is 0 Å². The zero-order valence-electron chi connectivity index (χ0n) is 8.84. The molecular weight excluding hydrogens is 211 g/mol. The lowest BCUT2D eigenvalue weighted by molar-refractivity contribution is -0.184. The van der Waals surface area contributed by atoms with Gasteiger partial charge in [0.2, 0.25) is 0 Å². The number of carbonyl (C=O) groups is 1. The number of rotatable bonds is 6.